The molecule has 0 unspecified atom stereocenters. The van der Waals surface area contributed by atoms with Crippen LogP contribution in [0.25, 0.3) is 0 Å². The second-order valence-corrected chi connectivity index (χ2v) is 3.44. The number of hydrogen-bond acceptors (Lipinski definition) is 4. The van der Waals surface area contributed by atoms with Crippen LogP contribution in [0.15, 0.2) is 16.5 Å². The van der Waals surface area contributed by atoms with Crippen molar-refractivity contribution in [2.24, 2.45) is 5.73 Å². The summed E-state index contributed by atoms with van der Waals surface area (Å²) in [4.78, 5) is 11.4. The minimum Gasteiger partial charge on any atom is -0.453 e. The van der Waals surface area contributed by atoms with Crippen molar-refractivity contribution in [3.63, 3.8) is 0 Å². The molecule has 7 heteroatoms. The zero-order chi connectivity index (χ0) is 12.9. The lowest BCUT2D eigenvalue weighted by Crippen LogP contribution is -2.41. The van der Waals surface area contributed by atoms with E-state index >= 15 is 0 Å². The molecule has 1 amide bonds. The SMILES string of the molecule is COCc1ccc(C(=O)NCC(F)(F)CN)o1. The van der Waals surface area contributed by atoms with E-state index in [4.69, 9.17) is 14.9 Å². The smallest absolute Gasteiger partial charge is 0.287 e. The van der Waals surface area contributed by atoms with Crippen molar-refractivity contribution >= 4 is 5.91 Å². The second-order valence-electron chi connectivity index (χ2n) is 3.44. The molecule has 0 aliphatic carbocycles. The van der Waals surface area contributed by atoms with Crippen LogP contribution < -0.4 is 11.1 Å². The summed E-state index contributed by atoms with van der Waals surface area (Å²) < 4.78 is 35.4. The molecular formula is C10H14F2N2O3. The molecule has 0 saturated carbocycles. The number of rotatable bonds is 6. The van der Waals surface area contributed by atoms with E-state index in [1.807, 2.05) is 5.32 Å². The van der Waals surface area contributed by atoms with Crippen molar-refractivity contribution < 1.29 is 22.7 Å². The van der Waals surface area contributed by atoms with Crippen LogP contribution in [-0.2, 0) is 11.3 Å². The molecule has 0 spiro atoms. The minimum absolute atomic E-state index is 0.0372. The van der Waals surface area contributed by atoms with E-state index in [0.29, 0.717) is 5.76 Å². The van der Waals surface area contributed by atoms with E-state index in [-0.39, 0.29) is 12.4 Å². The van der Waals surface area contributed by atoms with Crippen molar-refractivity contribution in [2.75, 3.05) is 20.2 Å². The maximum absolute atomic E-state index is 12.8. The molecule has 3 N–H and O–H groups in total. The third-order valence-electron chi connectivity index (χ3n) is 1.98. The first-order valence-corrected chi connectivity index (χ1v) is 4.92. The van der Waals surface area contributed by atoms with E-state index < -0.39 is 24.9 Å². The maximum atomic E-state index is 12.8. The summed E-state index contributed by atoms with van der Waals surface area (Å²) in [6.07, 6.45) is 0. The Morgan fingerprint density at radius 1 is 1.59 bits per heavy atom. The van der Waals surface area contributed by atoms with Gasteiger partial charge in [0.1, 0.15) is 12.4 Å². The molecule has 0 saturated heterocycles. The van der Waals surface area contributed by atoms with Crippen molar-refractivity contribution in [2.45, 2.75) is 12.5 Å². The van der Waals surface area contributed by atoms with Gasteiger partial charge in [-0.25, -0.2) is 8.78 Å². The minimum atomic E-state index is -3.11. The molecule has 1 aromatic heterocycles. The van der Waals surface area contributed by atoms with E-state index in [2.05, 4.69) is 0 Å². The van der Waals surface area contributed by atoms with Crippen molar-refractivity contribution in [1.29, 1.82) is 0 Å². The number of furan rings is 1. The Morgan fingerprint density at radius 3 is 2.88 bits per heavy atom. The number of carbonyl (C=O) groups excluding carboxylic acids is 1. The summed E-state index contributed by atoms with van der Waals surface area (Å²) in [6.45, 7) is -1.42. The van der Waals surface area contributed by atoms with Crippen LogP contribution in [0.4, 0.5) is 8.78 Å². The Balaban J connectivity index is 2.52. The van der Waals surface area contributed by atoms with Crippen LogP contribution in [-0.4, -0.2) is 32.0 Å². The third kappa shape index (κ3) is 4.12. The summed E-state index contributed by atoms with van der Waals surface area (Å²) >= 11 is 0. The zero-order valence-electron chi connectivity index (χ0n) is 9.33. The van der Waals surface area contributed by atoms with E-state index in [0.717, 1.165) is 0 Å². The number of methoxy groups -OCH3 is 1. The van der Waals surface area contributed by atoms with E-state index in [9.17, 15) is 13.6 Å². The highest BCUT2D eigenvalue weighted by molar-refractivity contribution is 5.91. The number of hydrogen-bond donors (Lipinski definition) is 2. The molecule has 0 fully saturated rings. The molecule has 5 nitrogen and oxygen atoms in total. The number of halogens is 2. The molecule has 0 radical (unpaired) electrons. The third-order valence-corrected chi connectivity index (χ3v) is 1.98. The van der Waals surface area contributed by atoms with Crippen LogP contribution in [0.1, 0.15) is 16.3 Å². The maximum Gasteiger partial charge on any atom is 0.287 e. The Hall–Kier alpha value is -1.47. The number of ether oxygens (including phenoxy) is 1. The molecule has 1 aromatic rings. The Bertz CT molecular complexity index is 379. The average molecular weight is 248 g/mol. The predicted molar refractivity (Wildman–Crippen MR) is 55.8 cm³/mol. The average Bonchev–Trinajstić information content (AvgIpc) is 2.75. The molecule has 0 aliphatic rings. The van der Waals surface area contributed by atoms with Gasteiger partial charge in [-0.1, -0.05) is 0 Å². The molecule has 0 bridgehead atoms. The molecule has 1 rings (SSSR count). The first-order chi connectivity index (χ1) is 7.98. The summed E-state index contributed by atoms with van der Waals surface area (Å²) in [7, 11) is 1.48. The second kappa shape index (κ2) is 5.74. The molecular weight excluding hydrogens is 234 g/mol. The Kier molecular flexibility index (Phi) is 4.59. The van der Waals surface area contributed by atoms with Gasteiger partial charge in [-0.3, -0.25) is 4.79 Å². The van der Waals surface area contributed by atoms with Crippen molar-refractivity contribution in [1.82, 2.24) is 5.32 Å². The first kappa shape index (κ1) is 13.6. The zero-order valence-corrected chi connectivity index (χ0v) is 9.33. The van der Waals surface area contributed by atoms with Crippen LogP contribution >= 0.6 is 0 Å². The first-order valence-electron chi connectivity index (χ1n) is 4.92. The number of alkyl halides is 2. The lowest BCUT2D eigenvalue weighted by molar-refractivity contribution is 0.0115. The van der Waals surface area contributed by atoms with Gasteiger partial charge in [-0.2, -0.15) is 0 Å². The fourth-order valence-electron chi connectivity index (χ4n) is 1.09. The lowest BCUT2D eigenvalue weighted by atomic mass is 10.3. The summed E-state index contributed by atoms with van der Waals surface area (Å²) in [5, 5.41) is 2.04. The largest absolute Gasteiger partial charge is 0.453 e. The van der Waals surface area contributed by atoms with Crippen LogP contribution in [0, 0.1) is 0 Å². The number of nitrogens with two attached hydrogens (primary N) is 1. The van der Waals surface area contributed by atoms with Gasteiger partial charge in [-0.15, -0.1) is 0 Å². The Labute approximate surface area is 96.9 Å². The van der Waals surface area contributed by atoms with E-state index in [1.165, 1.54) is 13.2 Å². The lowest BCUT2D eigenvalue weighted by Gasteiger charge is -2.13. The van der Waals surface area contributed by atoms with Crippen molar-refractivity contribution in [3.8, 4) is 0 Å². The molecule has 0 atom stereocenters. The van der Waals surface area contributed by atoms with Crippen LogP contribution in [0.3, 0.4) is 0 Å². The topological polar surface area (TPSA) is 77.5 Å². The van der Waals surface area contributed by atoms with Crippen LogP contribution in [0.5, 0.6) is 0 Å². The number of amides is 1. The number of carbonyl (C=O) groups is 1. The molecule has 1 heterocycles. The summed E-state index contributed by atoms with van der Waals surface area (Å²) in [6, 6.07) is 2.93. The monoisotopic (exact) mass is 248 g/mol. The van der Waals surface area contributed by atoms with Gasteiger partial charge < -0.3 is 20.2 Å². The van der Waals surface area contributed by atoms with Gasteiger partial charge in [0.25, 0.3) is 11.8 Å². The van der Waals surface area contributed by atoms with Gasteiger partial charge in [0.2, 0.25) is 0 Å². The van der Waals surface area contributed by atoms with Gasteiger partial charge in [0.05, 0.1) is 13.1 Å². The highest BCUT2D eigenvalue weighted by atomic mass is 19.3. The van der Waals surface area contributed by atoms with Crippen molar-refractivity contribution in [3.05, 3.63) is 23.7 Å². The summed E-state index contributed by atoms with van der Waals surface area (Å²) in [5.74, 6) is -3.41. The standard InChI is InChI=1S/C10H14F2N2O3/c1-16-4-7-2-3-8(17-7)9(15)14-6-10(11,12)5-13/h2-3H,4-6,13H2,1H3,(H,14,15). The normalized spacial score (nSPS) is 11.5. The van der Waals surface area contributed by atoms with Gasteiger partial charge in [-0.05, 0) is 12.1 Å². The number of nitrogens with one attached hydrogen (secondary N) is 1. The summed E-state index contributed by atoms with van der Waals surface area (Å²) in [5.41, 5.74) is 4.83. The van der Waals surface area contributed by atoms with E-state index in [1.54, 1.807) is 6.07 Å². The molecule has 96 valence electrons. The highest BCUT2D eigenvalue weighted by Crippen LogP contribution is 2.11. The fraction of sp³-hybridized carbons (Fsp3) is 0.500. The molecule has 17 heavy (non-hydrogen) atoms. The predicted octanol–water partition coefficient (Wildman–Crippen LogP) is 0.750. The van der Waals surface area contributed by atoms with Gasteiger partial charge >= 0.3 is 0 Å². The van der Waals surface area contributed by atoms with Crippen LogP contribution in [0.2, 0.25) is 0 Å². The Morgan fingerprint density at radius 2 is 2.29 bits per heavy atom. The van der Waals surface area contributed by atoms with Gasteiger partial charge in [0, 0.05) is 7.11 Å². The fourth-order valence-corrected chi connectivity index (χ4v) is 1.09. The molecule has 0 aromatic carbocycles. The molecule has 0 aliphatic heterocycles. The van der Waals surface area contributed by atoms with Gasteiger partial charge in [0.15, 0.2) is 5.76 Å². The highest BCUT2D eigenvalue weighted by Gasteiger charge is 2.27. The quantitative estimate of drug-likeness (QED) is 0.778.